The first kappa shape index (κ1) is 14.2. The number of benzene rings is 1. The second-order valence-electron chi connectivity index (χ2n) is 5.30. The van der Waals surface area contributed by atoms with Crippen molar-refractivity contribution in [1.29, 1.82) is 0 Å². The van der Waals surface area contributed by atoms with Gasteiger partial charge in [0, 0.05) is 18.1 Å². The molecule has 0 aromatic heterocycles. The van der Waals surface area contributed by atoms with Crippen molar-refractivity contribution < 1.29 is 15.0 Å². The van der Waals surface area contributed by atoms with Gasteiger partial charge in [-0.05, 0) is 44.4 Å². The summed E-state index contributed by atoms with van der Waals surface area (Å²) in [5.41, 5.74) is 0.230. The minimum atomic E-state index is -0.978. The summed E-state index contributed by atoms with van der Waals surface area (Å²) in [6.45, 7) is 3.23. The molecule has 1 atom stereocenters. The van der Waals surface area contributed by atoms with E-state index in [1.807, 2.05) is 11.8 Å². The van der Waals surface area contributed by atoms with E-state index in [9.17, 15) is 15.0 Å². The largest absolute Gasteiger partial charge is 0.478 e. The number of nitrogens with zero attached hydrogens (tertiary/aromatic N) is 1. The monoisotopic (exact) mass is 283 g/mol. The Bertz CT molecular complexity index is 488. The average Bonchev–Trinajstić information content (AvgIpc) is 2.50. The third kappa shape index (κ3) is 3.39. The Kier molecular flexibility index (Phi) is 4.02. The first-order valence-corrected chi connectivity index (χ1v) is 6.77. The zero-order chi connectivity index (χ0) is 14.0. The van der Waals surface area contributed by atoms with E-state index in [1.54, 1.807) is 12.1 Å². The van der Waals surface area contributed by atoms with E-state index in [0.717, 1.165) is 19.4 Å². The number of aliphatic hydroxyl groups is 1. The summed E-state index contributed by atoms with van der Waals surface area (Å²) in [6.07, 6.45) is 2.21. The molecule has 1 heterocycles. The van der Waals surface area contributed by atoms with Crippen LogP contribution in [0.1, 0.15) is 36.5 Å². The Labute approximate surface area is 117 Å². The van der Waals surface area contributed by atoms with Gasteiger partial charge in [0.15, 0.2) is 0 Å². The van der Waals surface area contributed by atoms with Crippen molar-refractivity contribution in [2.75, 3.05) is 18.0 Å². The Morgan fingerprint density at radius 3 is 2.79 bits per heavy atom. The molecular weight excluding hydrogens is 266 g/mol. The van der Waals surface area contributed by atoms with Crippen LogP contribution in [0.25, 0.3) is 0 Å². The Morgan fingerprint density at radius 2 is 2.11 bits per heavy atom. The molecule has 5 heteroatoms. The average molecular weight is 284 g/mol. The summed E-state index contributed by atoms with van der Waals surface area (Å²) < 4.78 is 0. The van der Waals surface area contributed by atoms with Crippen LogP contribution in [0.15, 0.2) is 18.2 Å². The van der Waals surface area contributed by atoms with Gasteiger partial charge in [-0.2, -0.15) is 0 Å². The number of halogens is 1. The minimum absolute atomic E-state index is 0.217. The van der Waals surface area contributed by atoms with Crippen LogP contribution in [0.4, 0.5) is 5.69 Å². The third-order valence-corrected chi connectivity index (χ3v) is 3.83. The van der Waals surface area contributed by atoms with E-state index >= 15 is 0 Å². The van der Waals surface area contributed by atoms with Crippen LogP contribution in [-0.4, -0.2) is 34.9 Å². The molecule has 0 spiro atoms. The molecular formula is C14H18ClNO3. The molecule has 1 aromatic rings. The van der Waals surface area contributed by atoms with Gasteiger partial charge < -0.3 is 15.1 Å². The zero-order valence-electron chi connectivity index (χ0n) is 10.9. The van der Waals surface area contributed by atoms with Gasteiger partial charge in [0.2, 0.25) is 0 Å². The fourth-order valence-electron chi connectivity index (χ4n) is 2.46. The van der Waals surface area contributed by atoms with Crippen LogP contribution < -0.4 is 4.90 Å². The van der Waals surface area contributed by atoms with E-state index in [1.165, 1.54) is 6.07 Å². The van der Waals surface area contributed by atoms with Gasteiger partial charge in [0.25, 0.3) is 0 Å². The van der Waals surface area contributed by atoms with Gasteiger partial charge in [-0.3, -0.25) is 0 Å². The van der Waals surface area contributed by atoms with Crippen molar-refractivity contribution in [1.82, 2.24) is 0 Å². The summed E-state index contributed by atoms with van der Waals surface area (Å²) in [5.74, 6) is -0.978. The van der Waals surface area contributed by atoms with Crippen LogP contribution >= 0.6 is 11.6 Å². The lowest BCUT2D eigenvalue weighted by atomic mass is 9.98. The molecule has 1 saturated heterocycles. The number of anilines is 1. The standard InChI is InChI=1S/C14H18ClNO3/c1-14(19)5-2-7-16(8-6-14)12-4-3-10(15)9-11(12)13(17)18/h3-4,9,19H,2,5-8H2,1H3,(H,17,18). The van der Waals surface area contributed by atoms with Crippen LogP contribution in [-0.2, 0) is 0 Å². The number of aromatic carboxylic acids is 1. The van der Waals surface area contributed by atoms with Gasteiger partial charge in [-0.15, -0.1) is 0 Å². The molecule has 1 aliphatic heterocycles. The third-order valence-electron chi connectivity index (χ3n) is 3.59. The first-order chi connectivity index (χ1) is 8.89. The van der Waals surface area contributed by atoms with Gasteiger partial charge in [0.1, 0.15) is 0 Å². The number of hydrogen-bond donors (Lipinski definition) is 2. The summed E-state index contributed by atoms with van der Waals surface area (Å²) >= 11 is 5.86. The number of carboxylic acid groups (broad SMARTS) is 1. The van der Waals surface area contributed by atoms with Crippen LogP contribution in [0.2, 0.25) is 5.02 Å². The van der Waals surface area contributed by atoms with Crippen LogP contribution in [0.5, 0.6) is 0 Å². The Hall–Kier alpha value is -1.26. The second-order valence-corrected chi connectivity index (χ2v) is 5.74. The van der Waals surface area contributed by atoms with Crippen molar-refractivity contribution in [2.45, 2.75) is 31.8 Å². The molecule has 1 aromatic carbocycles. The normalized spacial score (nSPS) is 24.1. The molecule has 104 valence electrons. The smallest absolute Gasteiger partial charge is 0.337 e. The highest BCUT2D eigenvalue weighted by Crippen LogP contribution is 2.29. The molecule has 2 N–H and O–H groups in total. The maximum atomic E-state index is 11.3. The molecule has 0 aliphatic carbocycles. The van der Waals surface area contributed by atoms with Gasteiger partial charge >= 0.3 is 5.97 Å². The molecule has 0 radical (unpaired) electrons. The van der Waals surface area contributed by atoms with Crippen molar-refractivity contribution in [3.63, 3.8) is 0 Å². The van der Waals surface area contributed by atoms with Gasteiger partial charge in [-0.25, -0.2) is 4.79 Å². The molecule has 0 saturated carbocycles. The highest BCUT2D eigenvalue weighted by Gasteiger charge is 2.26. The first-order valence-electron chi connectivity index (χ1n) is 6.39. The van der Waals surface area contributed by atoms with E-state index in [4.69, 9.17) is 11.6 Å². The van der Waals surface area contributed by atoms with E-state index in [2.05, 4.69) is 0 Å². The molecule has 0 bridgehead atoms. The van der Waals surface area contributed by atoms with E-state index < -0.39 is 11.6 Å². The summed E-state index contributed by atoms with van der Waals surface area (Å²) in [6, 6.07) is 4.92. The molecule has 1 unspecified atom stereocenters. The molecule has 0 amide bonds. The lowest BCUT2D eigenvalue weighted by Crippen LogP contribution is -2.29. The van der Waals surface area contributed by atoms with Crippen LogP contribution in [0.3, 0.4) is 0 Å². The molecule has 4 nitrogen and oxygen atoms in total. The maximum absolute atomic E-state index is 11.3. The lowest BCUT2D eigenvalue weighted by molar-refractivity contribution is 0.0481. The van der Waals surface area contributed by atoms with Crippen molar-refractivity contribution >= 4 is 23.3 Å². The quantitative estimate of drug-likeness (QED) is 0.876. The molecule has 19 heavy (non-hydrogen) atoms. The second kappa shape index (κ2) is 5.39. The lowest BCUT2D eigenvalue weighted by Gasteiger charge is -2.25. The minimum Gasteiger partial charge on any atom is -0.478 e. The fraction of sp³-hybridized carbons (Fsp3) is 0.500. The predicted octanol–water partition coefficient (Wildman–Crippen LogP) is 2.78. The van der Waals surface area contributed by atoms with Gasteiger partial charge in [0.05, 0.1) is 16.9 Å². The molecule has 1 aliphatic rings. The van der Waals surface area contributed by atoms with Crippen molar-refractivity contribution in [3.05, 3.63) is 28.8 Å². The SMILES string of the molecule is CC1(O)CCCN(c2ccc(Cl)cc2C(=O)O)CC1. The molecule has 2 rings (SSSR count). The van der Waals surface area contributed by atoms with Gasteiger partial charge in [-0.1, -0.05) is 11.6 Å². The van der Waals surface area contributed by atoms with E-state index in [-0.39, 0.29) is 5.56 Å². The summed E-state index contributed by atoms with van der Waals surface area (Å²) in [5, 5.41) is 19.8. The highest BCUT2D eigenvalue weighted by atomic mass is 35.5. The van der Waals surface area contributed by atoms with Crippen molar-refractivity contribution in [2.24, 2.45) is 0 Å². The number of hydrogen-bond acceptors (Lipinski definition) is 3. The summed E-state index contributed by atoms with van der Waals surface area (Å²) in [4.78, 5) is 13.3. The number of carboxylic acids is 1. The Balaban J connectivity index is 2.29. The van der Waals surface area contributed by atoms with Crippen molar-refractivity contribution in [3.8, 4) is 0 Å². The van der Waals surface area contributed by atoms with E-state index in [0.29, 0.717) is 23.7 Å². The van der Waals surface area contributed by atoms with Crippen LogP contribution in [0, 0.1) is 0 Å². The number of carbonyl (C=O) groups is 1. The maximum Gasteiger partial charge on any atom is 0.337 e. The fourth-order valence-corrected chi connectivity index (χ4v) is 2.63. The number of rotatable bonds is 2. The Morgan fingerprint density at radius 1 is 1.37 bits per heavy atom. The predicted molar refractivity (Wildman–Crippen MR) is 75.1 cm³/mol. The zero-order valence-corrected chi connectivity index (χ0v) is 11.7. The topological polar surface area (TPSA) is 60.8 Å². The molecule has 1 fully saturated rings. The highest BCUT2D eigenvalue weighted by molar-refractivity contribution is 6.31. The summed E-state index contributed by atoms with van der Waals surface area (Å²) in [7, 11) is 0.